The lowest BCUT2D eigenvalue weighted by molar-refractivity contribution is 0.587. The highest BCUT2D eigenvalue weighted by Crippen LogP contribution is 2.21. The normalized spacial score (nSPS) is 20.7. The van der Waals surface area contributed by atoms with Crippen LogP contribution in [0.25, 0.3) is 0 Å². The van der Waals surface area contributed by atoms with E-state index in [2.05, 4.69) is 11.8 Å². The summed E-state index contributed by atoms with van der Waals surface area (Å²) in [5, 5.41) is 0. The Hall–Kier alpha value is -1.07. The number of sulfone groups is 1. The molecular formula is C13H20N2O2S. The van der Waals surface area contributed by atoms with E-state index in [-0.39, 0.29) is 17.5 Å². The summed E-state index contributed by atoms with van der Waals surface area (Å²) in [6.45, 7) is 3.23. The molecule has 2 N–H and O–H groups in total. The van der Waals surface area contributed by atoms with E-state index in [1.807, 2.05) is 24.3 Å². The maximum atomic E-state index is 11.4. The minimum absolute atomic E-state index is 0.0841. The highest BCUT2D eigenvalue weighted by atomic mass is 32.2. The van der Waals surface area contributed by atoms with Gasteiger partial charge in [0.15, 0.2) is 9.84 Å². The van der Waals surface area contributed by atoms with Crippen LogP contribution in [0.5, 0.6) is 0 Å². The summed E-state index contributed by atoms with van der Waals surface area (Å²) in [6, 6.07) is 8.21. The summed E-state index contributed by atoms with van der Waals surface area (Å²) in [7, 11) is -2.81. The van der Waals surface area contributed by atoms with Crippen molar-refractivity contribution in [1.29, 1.82) is 0 Å². The van der Waals surface area contributed by atoms with Crippen molar-refractivity contribution in [2.75, 3.05) is 29.5 Å². The van der Waals surface area contributed by atoms with Crippen LogP contribution < -0.4 is 10.6 Å². The van der Waals surface area contributed by atoms with Gasteiger partial charge in [0.25, 0.3) is 0 Å². The first-order valence-electron chi connectivity index (χ1n) is 6.33. The van der Waals surface area contributed by atoms with Crippen molar-refractivity contribution < 1.29 is 8.42 Å². The van der Waals surface area contributed by atoms with Crippen LogP contribution in [0.1, 0.15) is 24.9 Å². The summed E-state index contributed by atoms with van der Waals surface area (Å²) in [5.41, 5.74) is 8.18. The minimum atomic E-state index is -2.81. The topological polar surface area (TPSA) is 63.4 Å². The quantitative estimate of drug-likeness (QED) is 0.898. The molecule has 0 bridgehead atoms. The van der Waals surface area contributed by atoms with Crippen LogP contribution in [0.4, 0.5) is 5.69 Å². The van der Waals surface area contributed by atoms with E-state index in [1.54, 1.807) is 0 Å². The van der Waals surface area contributed by atoms with Crippen LogP contribution in [-0.4, -0.2) is 33.0 Å². The Labute approximate surface area is 109 Å². The molecule has 0 radical (unpaired) electrons. The van der Waals surface area contributed by atoms with E-state index in [1.165, 1.54) is 0 Å². The third kappa shape index (κ3) is 3.03. The zero-order valence-electron chi connectivity index (χ0n) is 10.7. The van der Waals surface area contributed by atoms with E-state index >= 15 is 0 Å². The van der Waals surface area contributed by atoms with Crippen molar-refractivity contribution in [1.82, 2.24) is 0 Å². The molecule has 0 saturated carbocycles. The number of benzene rings is 1. The third-order valence-electron chi connectivity index (χ3n) is 3.47. The highest BCUT2D eigenvalue weighted by Gasteiger charge is 2.21. The van der Waals surface area contributed by atoms with E-state index < -0.39 is 9.84 Å². The van der Waals surface area contributed by atoms with E-state index in [0.717, 1.165) is 17.7 Å². The first-order valence-corrected chi connectivity index (χ1v) is 8.15. The summed E-state index contributed by atoms with van der Waals surface area (Å²) in [4.78, 5) is 2.11. The molecule has 1 saturated heterocycles. The van der Waals surface area contributed by atoms with Crippen molar-refractivity contribution in [2.24, 2.45) is 5.73 Å². The molecule has 1 aliphatic rings. The number of anilines is 1. The average Bonchev–Trinajstić information content (AvgIpc) is 2.38. The molecule has 2 rings (SSSR count). The molecule has 1 aliphatic heterocycles. The molecule has 1 heterocycles. The molecule has 5 heteroatoms. The largest absolute Gasteiger partial charge is 0.369 e. The molecule has 0 aliphatic carbocycles. The first-order chi connectivity index (χ1) is 8.52. The predicted octanol–water partition coefficient (Wildman–Crippen LogP) is 1.33. The van der Waals surface area contributed by atoms with Crippen molar-refractivity contribution in [3.8, 4) is 0 Å². The van der Waals surface area contributed by atoms with Crippen LogP contribution in [0.2, 0.25) is 0 Å². The minimum Gasteiger partial charge on any atom is -0.369 e. The number of nitrogens with two attached hydrogens (primary N) is 1. The fraction of sp³-hybridized carbons (Fsp3) is 0.538. The summed E-state index contributed by atoms with van der Waals surface area (Å²) >= 11 is 0. The summed E-state index contributed by atoms with van der Waals surface area (Å²) in [5.74, 6) is 0.506. The van der Waals surface area contributed by atoms with Gasteiger partial charge in [0, 0.05) is 24.8 Å². The van der Waals surface area contributed by atoms with Crippen molar-refractivity contribution in [3.63, 3.8) is 0 Å². The van der Waals surface area contributed by atoms with Gasteiger partial charge in [0.1, 0.15) is 0 Å². The van der Waals surface area contributed by atoms with Crippen LogP contribution in [-0.2, 0) is 9.84 Å². The van der Waals surface area contributed by atoms with Gasteiger partial charge in [-0.1, -0.05) is 19.1 Å². The maximum Gasteiger partial charge on any atom is 0.153 e. The van der Waals surface area contributed by atoms with Crippen molar-refractivity contribution in [2.45, 2.75) is 19.4 Å². The second kappa shape index (κ2) is 5.28. The number of hydrogen-bond donors (Lipinski definition) is 1. The molecule has 4 nitrogen and oxygen atoms in total. The number of nitrogens with zero attached hydrogens (tertiary/aromatic N) is 1. The van der Waals surface area contributed by atoms with Gasteiger partial charge in [-0.15, -0.1) is 0 Å². The Balaban J connectivity index is 2.07. The van der Waals surface area contributed by atoms with Gasteiger partial charge < -0.3 is 10.6 Å². The SMILES string of the molecule is CC[C@H](N)c1ccc(N2CCS(=O)(=O)CC2)cc1. The Morgan fingerprint density at radius 1 is 1.22 bits per heavy atom. The molecule has 100 valence electrons. The van der Waals surface area contributed by atoms with Crippen molar-refractivity contribution in [3.05, 3.63) is 29.8 Å². The summed E-state index contributed by atoms with van der Waals surface area (Å²) < 4.78 is 22.7. The fourth-order valence-corrected chi connectivity index (χ4v) is 3.34. The molecular weight excluding hydrogens is 248 g/mol. The average molecular weight is 268 g/mol. The smallest absolute Gasteiger partial charge is 0.153 e. The molecule has 1 atom stereocenters. The maximum absolute atomic E-state index is 11.4. The van der Waals surface area contributed by atoms with Crippen LogP contribution in [0.15, 0.2) is 24.3 Å². The van der Waals surface area contributed by atoms with E-state index in [9.17, 15) is 8.42 Å². The van der Waals surface area contributed by atoms with Gasteiger partial charge in [-0.25, -0.2) is 8.42 Å². The van der Waals surface area contributed by atoms with E-state index in [0.29, 0.717) is 13.1 Å². The van der Waals surface area contributed by atoms with Gasteiger partial charge in [-0.3, -0.25) is 0 Å². The highest BCUT2D eigenvalue weighted by molar-refractivity contribution is 7.91. The second-order valence-corrected chi connectivity index (χ2v) is 7.05. The zero-order valence-corrected chi connectivity index (χ0v) is 11.5. The molecule has 0 aromatic heterocycles. The Morgan fingerprint density at radius 2 is 1.78 bits per heavy atom. The zero-order chi connectivity index (χ0) is 13.2. The van der Waals surface area contributed by atoms with Gasteiger partial charge in [-0.05, 0) is 24.1 Å². The number of hydrogen-bond acceptors (Lipinski definition) is 4. The third-order valence-corrected chi connectivity index (χ3v) is 5.08. The van der Waals surface area contributed by atoms with Gasteiger partial charge in [-0.2, -0.15) is 0 Å². The first kappa shape index (κ1) is 13.4. The molecule has 1 fully saturated rings. The van der Waals surface area contributed by atoms with Crippen LogP contribution in [0.3, 0.4) is 0 Å². The second-order valence-electron chi connectivity index (χ2n) is 4.75. The van der Waals surface area contributed by atoms with Gasteiger partial charge in [0.05, 0.1) is 11.5 Å². The standard InChI is InChI=1S/C13H20N2O2S/c1-2-13(14)11-3-5-12(6-4-11)15-7-9-18(16,17)10-8-15/h3-6,13H,2,7-10,14H2,1H3/t13-/m0/s1. The van der Waals surface area contributed by atoms with E-state index in [4.69, 9.17) is 5.73 Å². The van der Waals surface area contributed by atoms with Crippen LogP contribution >= 0.6 is 0 Å². The Kier molecular flexibility index (Phi) is 3.92. The molecule has 18 heavy (non-hydrogen) atoms. The van der Waals surface area contributed by atoms with Crippen molar-refractivity contribution >= 4 is 15.5 Å². The molecule has 1 aromatic carbocycles. The molecule has 0 unspecified atom stereocenters. The van der Waals surface area contributed by atoms with Gasteiger partial charge >= 0.3 is 0 Å². The Bertz CT molecular complexity index is 482. The lowest BCUT2D eigenvalue weighted by Gasteiger charge is -2.29. The van der Waals surface area contributed by atoms with Gasteiger partial charge in [0.2, 0.25) is 0 Å². The summed E-state index contributed by atoms with van der Waals surface area (Å²) in [6.07, 6.45) is 0.918. The lowest BCUT2D eigenvalue weighted by Crippen LogP contribution is -2.40. The molecule has 0 spiro atoms. The lowest BCUT2D eigenvalue weighted by atomic mass is 10.1. The fourth-order valence-electron chi connectivity index (χ4n) is 2.14. The molecule has 0 amide bonds. The monoisotopic (exact) mass is 268 g/mol. The molecule has 1 aromatic rings. The van der Waals surface area contributed by atoms with Crippen LogP contribution in [0, 0.1) is 0 Å². The predicted molar refractivity (Wildman–Crippen MR) is 74.5 cm³/mol. The number of rotatable bonds is 3. The Morgan fingerprint density at radius 3 is 2.28 bits per heavy atom.